The van der Waals surface area contributed by atoms with Crippen molar-refractivity contribution < 1.29 is 4.79 Å². The topological polar surface area (TPSA) is 45.2 Å². The summed E-state index contributed by atoms with van der Waals surface area (Å²) in [4.78, 5) is 19.2. The molecule has 1 saturated heterocycles. The molecule has 0 atom stereocenters. The Bertz CT molecular complexity index is 479. The maximum atomic E-state index is 12.7. The van der Waals surface area contributed by atoms with Gasteiger partial charge in [0, 0.05) is 31.4 Å². The zero-order valence-corrected chi connectivity index (χ0v) is 13.5. The molecule has 1 N–H and O–H groups in total. The van der Waals surface area contributed by atoms with Crippen LogP contribution in [0.2, 0.25) is 0 Å². The van der Waals surface area contributed by atoms with E-state index in [1.54, 1.807) is 0 Å². The summed E-state index contributed by atoms with van der Waals surface area (Å²) in [5.41, 5.74) is 1.77. The SMILES string of the molecule is CCCc1cc(C(=O)N2CCC(CC)CC2)cc(NC)n1. The maximum Gasteiger partial charge on any atom is 0.254 e. The Labute approximate surface area is 127 Å². The van der Waals surface area contributed by atoms with Crippen molar-refractivity contribution in [3.8, 4) is 0 Å². The van der Waals surface area contributed by atoms with Crippen molar-refractivity contribution in [2.75, 3.05) is 25.5 Å². The first-order valence-corrected chi connectivity index (χ1v) is 8.15. The van der Waals surface area contributed by atoms with E-state index in [0.717, 1.165) is 61.8 Å². The molecule has 4 heteroatoms. The molecule has 0 saturated carbocycles. The summed E-state index contributed by atoms with van der Waals surface area (Å²) < 4.78 is 0. The summed E-state index contributed by atoms with van der Waals surface area (Å²) in [6.07, 6.45) is 5.44. The lowest BCUT2D eigenvalue weighted by molar-refractivity contribution is 0.0688. The number of hydrogen-bond acceptors (Lipinski definition) is 3. The van der Waals surface area contributed by atoms with Crippen molar-refractivity contribution in [2.45, 2.75) is 46.0 Å². The fraction of sp³-hybridized carbons (Fsp3) is 0.647. The van der Waals surface area contributed by atoms with E-state index in [1.807, 2.05) is 24.1 Å². The van der Waals surface area contributed by atoms with E-state index in [4.69, 9.17) is 0 Å². The van der Waals surface area contributed by atoms with Gasteiger partial charge in [0.25, 0.3) is 5.91 Å². The largest absolute Gasteiger partial charge is 0.373 e. The van der Waals surface area contributed by atoms with Gasteiger partial charge in [0.15, 0.2) is 0 Å². The molecule has 1 aliphatic heterocycles. The molecule has 1 amide bonds. The number of carbonyl (C=O) groups excluding carboxylic acids is 1. The van der Waals surface area contributed by atoms with Gasteiger partial charge in [-0.3, -0.25) is 4.79 Å². The highest BCUT2D eigenvalue weighted by Gasteiger charge is 2.23. The third-order valence-corrected chi connectivity index (χ3v) is 4.37. The monoisotopic (exact) mass is 289 g/mol. The maximum absolute atomic E-state index is 12.7. The Morgan fingerprint density at radius 1 is 1.33 bits per heavy atom. The average molecular weight is 289 g/mol. The number of likely N-dealkylation sites (tertiary alicyclic amines) is 1. The standard InChI is InChI=1S/C17H27N3O/c1-4-6-15-11-14(12-16(18-3)19-15)17(21)20-9-7-13(5-2)8-10-20/h11-13H,4-10H2,1-3H3,(H,18,19). The average Bonchev–Trinajstić information content (AvgIpc) is 2.54. The highest BCUT2D eigenvalue weighted by atomic mass is 16.2. The second-order valence-corrected chi connectivity index (χ2v) is 5.88. The van der Waals surface area contributed by atoms with Gasteiger partial charge in [0.05, 0.1) is 0 Å². The summed E-state index contributed by atoms with van der Waals surface area (Å²) in [6, 6.07) is 3.83. The third-order valence-electron chi connectivity index (χ3n) is 4.37. The summed E-state index contributed by atoms with van der Waals surface area (Å²) in [6.45, 7) is 6.14. The molecule has 2 rings (SSSR count). The van der Waals surface area contributed by atoms with Crippen molar-refractivity contribution in [1.82, 2.24) is 9.88 Å². The van der Waals surface area contributed by atoms with E-state index in [2.05, 4.69) is 24.1 Å². The molecule has 2 heterocycles. The van der Waals surface area contributed by atoms with Gasteiger partial charge in [-0.05, 0) is 37.3 Å². The van der Waals surface area contributed by atoms with Crippen LogP contribution in [-0.2, 0) is 6.42 Å². The van der Waals surface area contributed by atoms with Gasteiger partial charge in [-0.25, -0.2) is 4.98 Å². The van der Waals surface area contributed by atoms with Crippen LogP contribution in [0.1, 0.15) is 55.6 Å². The fourth-order valence-electron chi connectivity index (χ4n) is 2.95. The Morgan fingerprint density at radius 2 is 2.05 bits per heavy atom. The Morgan fingerprint density at radius 3 is 2.62 bits per heavy atom. The predicted octanol–water partition coefficient (Wildman–Crippen LogP) is 3.34. The Hall–Kier alpha value is -1.58. The van der Waals surface area contributed by atoms with Gasteiger partial charge in [-0.2, -0.15) is 0 Å². The zero-order chi connectivity index (χ0) is 15.2. The van der Waals surface area contributed by atoms with Crippen LogP contribution >= 0.6 is 0 Å². The summed E-state index contributed by atoms with van der Waals surface area (Å²) in [5, 5.41) is 3.06. The minimum absolute atomic E-state index is 0.154. The van der Waals surface area contributed by atoms with Crippen LogP contribution in [-0.4, -0.2) is 35.9 Å². The van der Waals surface area contributed by atoms with E-state index in [0.29, 0.717) is 0 Å². The number of amides is 1. The first kappa shape index (κ1) is 15.8. The molecule has 0 radical (unpaired) electrons. The van der Waals surface area contributed by atoms with Crippen LogP contribution in [0.25, 0.3) is 0 Å². The number of carbonyl (C=O) groups is 1. The van der Waals surface area contributed by atoms with Crippen molar-refractivity contribution in [1.29, 1.82) is 0 Å². The van der Waals surface area contributed by atoms with Gasteiger partial charge in [0.2, 0.25) is 0 Å². The van der Waals surface area contributed by atoms with Gasteiger partial charge in [0.1, 0.15) is 5.82 Å². The molecular weight excluding hydrogens is 262 g/mol. The number of hydrogen-bond donors (Lipinski definition) is 1. The molecule has 1 aliphatic rings. The molecule has 0 aromatic carbocycles. The summed E-state index contributed by atoms with van der Waals surface area (Å²) in [5.74, 6) is 1.73. The van der Waals surface area contributed by atoms with Gasteiger partial charge in [-0.1, -0.05) is 26.7 Å². The lowest BCUT2D eigenvalue weighted by Gasteiger charge is -2.31. The minimum atomic E-state index is 0.154. The van der Waals surface area contributed by atoms with Crippen LogP contribution in [0.4, 0.5) is 5.82 Å². The molecule has 0 bridgehead atoms. The van der Waals surface area contributed by atoms with E-state index in [1.165, 1.54) is 6.42 Å². The van der Waals surface area contributed by atoms with Crippen LogP contribution in [0.5, 0.6) is 0 Å². The predicted molar refractivity (Wildman–Crippen MR) is 86.7 cm³/mol. The molecule has 1 aromatic rings. The lowest BCUT2D eigenvalue weighted by atomic mass is 9.94. The number of pyridine rings is 1. The molecule has 0 aliphatic carbocycles. The smallest absolute Gasteiger partial charge is 0.254 e. The molecule has 4 nitrogen and oxygen atoms in total. The van der Waals surface area contributed by atoms with Crippen LogP contribution in [0.3, 0.4) is 0 Å². The highest BCUT2D eigenvalue weighted by Crippen LogP contribution is 2.22. The lowest BCUT2D eigenvalue weighted by Crippen LogP contribution is -2.38. The van der Waals surface area contributed by atoms with Crippen LogP contribution < -0.4 is 5.32 Å². The van der Waals surface area contributed by atoms with E-state index < -0.39 is 0 Å². The van der Waals surface area contributed by atoms with Crippen LogP contribution in [0, 0.1) is 5.92 Å². The van der Waals surface area contributed by atoms with E-state index in [-0.39, 0.29) is 5.91 Å². The van der Waals surface area contributed by atoms with Crippen molar-refractivity contribution in [3.05, 3.63) is 23.4 Å². The second-order valence-electron chi connectivity index (χ2n) is 5.88. The van der Waals surface area contributed by atoms with E-state index >= 15 is 0 Å². The first-order chi connectivity index (χ1) is 10.2. The van der Waals surface area contributed by atoms with E-state index in [9.17, 15) is 4.79 Å². The number of anilines is 1. The number of nitrogens with one attached hydrogen (secondary N) is 1. The van der Waals surface area contributed by atoms with Crippen LogP contribution in [0.15, 0.2) is 12.1 Å². The zero-order valence-electron chi connectivity index (χ0n) is 13.5. The molecule has 0 unspecified atom stereocenters. The van der Waals surface area contributed by atoms with Gasteiger partial charge < -0.3 is 10.2 Å². The number of rotatable bonds is 5. The van der Waals surface area contributed by atoms with Gasteiger partial charge in [-0.15, -0.1) is 0 Å². The summed E-state index contributed by atoms with van der Waals surface area (Å²) >= 11 is 0. The molecule has 1 fully saturated rings. The molecule has 0 spiro atoms. The van der Waals surface area contributed by atoms with Gasteiger partial charge >= 0.3 is 0 Å². The number of nitrogens with zero attached hydrogens (tertiary/aromatic N) is 2. The molecular formula is C17H27N3O. The van der Waals surface area contributed by atoms with Crippen molar-refractivity contribution >= 4 is 11.7 Å². The molecule has 116 valence electrons. The highest BCUT2D eigenvalue weighted by molar-refractivity contribution is 5.95. The molecule has 21 heavy (non-hydrogen) atoms. The van der Waals surface area contributed by atoms with Crippen molar-refractivity contribution in [2.24, 2.45) is 5.92 Å². The van der Waals surface area contributed by atoms with Crippen molar-refractivity contribution in [3.63, 3.8) is 0 Å². The minimum Gasteiger partial charge on any atom is -0.373 e. The Kier molecular flexibility index (Phi) is 5.59. The number of piperidine rings is 1. The first-order valence-electron chi connectivity index (χ1n) is 8.15. The number of aryl methyl sites for hydroxylation is 1. The summed E-state index contributed by atoms with van der Waals surface area (Å²) in [7, 11) is 1.85. The Balaban J connectivity index is 2.13. The second kappa shape index (κ2) is 7.43. The fourth-order valence-corrected chi connectivity index (χ4v) is 2.95. The third kappa shape index (κ3) is 3.96. The number of aromatic nitrogens is 1. The molecule has 1 aromatic heterocycles. The normalized spacial score (nSPS) is 16.0. The quantitative estimate of drug-likeness (QED) is 0.904.